The Morgan fingerprint density at radius 2 is 2.04 bits per heavy atom. The van der Waals surface area contributed by atoms with Crippen LogP contribution in [0.15, 0.2) is 41.5 Å². The van der Waals surface area contributed by atoms with Crippen molar-refractivity contribution in [1.82, 2.24) is 5.43 Å². The normalized spacial score (nSPS) is 10.7. The van der Waals surface area contributed by atoms with Crippen LogP contribution in [0.3, 0.4) is 0 Å². The lowest BCUT2D eigenvalue weighted by Gasteiger charge is -2.04. The summed E-state index contributed by atoms with van der Waals surface area (Å²) in [5.41, 5.74) is 3.22. The van der Waals surface area contributed by atoms with Crippen LogP contribution in [0.4, 0.5) is 5.69 Å². The van der Waals surface area contributed by atoms with Crippen LogP contribution in [0.1, 0.15) is 21.5 Å². The van der Waals surface area contributed by atoms with Gasteiger partial charge in [-0.25, -0.2) is 5.43 Å². The second-order valence-corrected chi connectivity index (χ2v) is 5.42. The average Bonchev–Trinajstić information content (AvgIpc) is 2.49. The first-order valence-corrected chi connectivity index (χ1v) is 7.18. The summed E-state index contributed by atoms with van der Waals surface area (Å²) in [4.78, 5) is 22.4. The van der Waals surface area contributed by atoms with E-state index in [4.69, 9.17) is 23.2 Å². The first kappa shape index (κ1) is 16.9. The Labute approximate surface area is 141 Å². The van der Waals surface area contributed by atoms with Gasteiger partial charge in [0.15, 0.2) is 0 Å². The summed E-state index contributed by atoms with van der Waals surface area (Å²) in [5.74, 6) is -0.549. The van der Waals surface area contributed by atoms with Crippen LogP contribution in [0, 0.1) is 17.0 Å². The zero-order chi connectivity index (χ0) is 17.0. The Morgan fingerprint density at radius 3 is 2.70 bits per heavy atom. The average molecular weight is 352 g/mol. The highest BCUT2D eigenvalue weighted by atomic mass is 35.5. The van der Waals surface area contributed by atoms with Crippen LogP contribution in [0.25, 0.3) is 0 Å². The van der Waals surface area contributed by atoms with E-state index in [1.807, 2.05) is 0 Å². The van der Waals surface area contributed by atoms with Crippen LogP contribution in [0.2, 0.25) is 10.0 Å². The third-order valence-electron chi connectivity index (χ3n) is 3.08. The summed E-state index contributed by atoms with van der Waals surface area (Å²) in [5, 5.41) is 15.6. The van der Waals surface area contributed by atoms with Gasteiger partial charge in [-0.15, -0.1) is 0 Å². The third kappa shape index (κ3) is 4.06. The fraction of sp³-hybridized carbons (Fsp3) is 0.0667. The molecule has 0 aliphatic heterocycles. The summed E-state index contributed by atoms with van der Waals surface area (Å²) >= 11 is 11.8. The number of hydrogen-bond acceptors (Lipinski definition) is 4. The molecule has 2 aromatic carbocycles. The van der Waals surface area contributed by atoms with E-state index in [-0.39, 0.29) is 16.8 Å². The molecule has 0 unspecified atom stereocenters. The molecule has 2 rings (SSSR count). The lowest BCUT2D eigenvalue weighted by molar-refractivity contribution is -0.385. The Balaban J connectivity index is 2.15. The minimum atomic E-state index is -0.549. The number of carbonyl (C=O) groups is 1. The topological polar surface area (TPSA) is 84.6 Å². The van der Waals surface area contributed by atoms with E-state index in [1.165, 1.54) is 31.3 Å². The Morgan fingerprint density at radius 1 is 1.30 bits per heavy atom. The highest BCUT2D eigenvalue weighted by Crippen LogP contribution is 2.21. The molecular weight excluding hydrogens is 341 g/mol. The van der Waals surface area contributed by atoms with Crippen LogP contribution < -0.4 is 5.43 Å². The van der Waals surface area contributed by atoms with Crippen molar-refractivity contribution in [3.8, 4) is 0 Å². The molecule has 118 valence electrons. The molecule has 1 N–H and O–H groups in total. The SMILES string of the molecule is Cc1c(C(=O)N/N=C/c2ccc(Cl)cc2Cl)cccc1[N+](=O)[O-]. The van der Waals surface area contributed by atoms with Gasteiger partial charge in [0.2, 0.25) is 0 Å². The van der Waals surface area contributed by atoms with Gasteiger partial charge < -0.3 is 0 Å². The molecular formula is C15H11Cl2N3O3. The van der Waals surface area contributed by atoms with Crippen LogP contribution >= 0.6 is 23.2 Å². The summed E-state index contributed by atoms with van der Waals surface area (Å²) in [7, 11) is 0. The highest BCUT2D eigenvalue weighted by molar-refractivity contribution is 6.36. The second kappa shape index (κ2) is 7.21. The Bertz CT molecular complexity index is 807. The largest absolute Gasteiger partial charge is 0.273 e. The smallest absolute Gasteiger partial charge is 0.267 e. The molecule has 0 spiro atoms. The van der Waals surface area contributed by atoms with E-state index >= 15 is 0 Å². The van der Waals surface area contributed by atoms with E-state index in [2.05, 4.69) is 10.5 Å². The van der Waals surface area contributed by atoms with Gasteiger partial charge in [0, 0.05) is 22.2 Å². The van der Waals surface area contributed by atoms with Crippen molar-refractivity contribution in [3.05, 3.63) is 73.2 Å². The lowest BCUT2D eigenvalue weighted by Crippen LogP contribution is -2.19. The summed E-state index contributed by atoms with van der Waals surface area (Å²) < 4.78 is 0. The standard InChI is InChI=1S/C15H11Cl2N3O3/c1-9-12(3-2-4-14(9)20(22)23)15(21)19-18-8-10-5-6-11(16)7-13(10)17/h2-8H,1H3,(H,19,21)/b18-8+. The number of carbonyl (C=O) groups excluding carboxylic acids is 1. The molecule has 0 saturated heterocycles. The molecule has 0 radical (unpaired) electrons. The van der Waals surface area contributed by atoms with Crippen LogP contribution in [-0.4, -0.2) is 17.0 Å². The first-order chi connectivity index (χ1) is 10.9. The number of benzene rings is 2. The summed E-state index contributed by atoms with van der Waals surface area (Å²) in [6.45, 7) is 1.51. The molecule has 0 aromatic heterocycles. The minimum absolute atomic E-state index is 0.123. The number of rotatable bonds is 4. The van der Waals surface area contributed by atoms with Gasteiger partial charge in [-0.2, -0.15) is 5.10 Å². The number of nitrogens with one attached hydrogen (secondary N) is 1. The molecule has 0 aliphatic carbocycles. The number of nitro benzene ring substituents is 1. The summed E-state index contributed by atoms with van der Waals surface area (Å²) in [6, 6.07) is 9.11. The van der Waals surface area contributed by atoms with Crippen molar-refractivity contribution in [3.63, 3.8) is 0 Å². The molecule has 0 saturated carbocycles. The Kier molecular flexibility index (Phi) is 5.31. The van der Waals surface area contributed by atoms with Crippen molar-refractivity contribution in [2.45, 2.75) is 6.92 Å². The van der Waals surface area contributed by atoms with E-state index in [9.17, 15) is 14.9 Å². The summed E-state index contributed by atoms with van der Waals surface area (Å²) in [6.07, 6.45) is 1.36. The molecule has 6 nitrogen and oxygen atoms in total. The number of halogens is 2. The highest BCUT2D eigenvalue weighted by Gasteiger charge is 2.17. The van der Waals surface area contributed by atoms with Crippen LogP contribution in [-0.2, 0) is 0 Å². The molecule has 0 fully saturated rings. The maximum atomic E-state index is 12.1. The lowest BCUT2D eigenvalue weighted by atomic mass is 10.1. The number of nitro groups is 1. The van der Waals surface area contributed by atoms with E-state index in [0.717, 1.165) is 0 Å². The molecule has 2 aromatic rings. The molecule has 0 heterocycles. The Hall–Kier alpha value is -2.44. The van der Waals surface area contributed by atoms with Gasteiger partial charge >= 0.3 is 0 Å². The first-order valence-electron chi connectivity index (χ1n) is 6.42. The van der Waals surface area contributed by atoms with Crippen molar-refractivity contribution < 1.29 is 9.72 Å². The van der Waals surface area contributed by atoms with Crippen molar-refractivity contribution in [2.24, 2.45) is 5.10 Å². The van der Waals surface area contributed by atoms with E-state index < -0.39 is 10.8 Å². The number of amides is 1. The minimum Gasteiger partial charge on any atom is -0.267 e. The second-order valence-electron chi connectivity index (χ2n) is 4.57. The van der Waals surface area contributed by atoms with Crippen molar-refractivity contribution >= 4 is 41.0 Å². The number of hydrazone groups is 1. The van der Waals surface area contributed by atoms with Gasteiger partial charge in [0.1, 0.15) is 0 Å². The van der Waals surface area contributed by atoms with Gasteiger partial charge in [-0.1, -0.05) is 35.3 Å². The van der Waals surface area contributed by atoms with Crippen molar-refractivity contribution in [1.29, 1.82) is 0 Å². The van der Waals surface area contributed by atoms with Gasteiger partial charge in [-0.3, -0.25) is 14.9 Å². The number of nitrogens with zero attached hydrogens (tertiary/aromatic N) is 2. The predicted molar refractivity (Wildman–Crippen MR) is 89.4 cm³/mol. The van der Waals surface area contributed by atoms with Gasteiger partial charge in [-0.05, 0) is 25.1 Å². The fourth-order valence-corrected chi connectivity index (χ4v) is 2.35. The maximum Gasteiger partial charge on any atom is 0.273 e. The van der Waals surface area contributed by atoms with E-state index in [1.54, 1.807) is 18.2 Å². The molecule has 8 heteroatoms. The van der Waals surface area contributed by atoms with Crippen LogP contribution in [0.5, 0.6) is 0 Å². The molecule has 23 heavy (non-hydrogen) atoms. The van der Waals surface area contributed by atoms with Gasteiger partial charge in [0.05, 0.1) is 21.7 Å². The quantitative estimate of drug-likeness (QED) is 0.513. The maximum absolute atomic E-state index is 12.1. The molecule has 0 atom stereocenters. The monoisotopic (exact) mass is 351 g/mol. The fourth-order valence-electron chi connectivity index (χ4n) is 1.89. The zero-order valence-electron chi connectivity index (χ0n) is 11.9. The van der Waals surface area contributed by atoms with Gasteiger partial charge in [0.25, 0.3) is 11.6 Å². The zero-order valence-corrected chi connectivity index (χ0v) is 13.4. The molecule has 0 bridgehead atoms. The predicted octanol–water partition coefficient (Wildman–Crippen LogP) is 3.97. The molecule has 1 amide bonds. The number of hydrogen-bond donors (Lipinski definition) is 1. The van der Waals surface area contributed by atoms with E-state index in [0.29, 0.717) is 15.6 Å². The molecule has 0 aliphatic rings. The third-order valence-corrected chi connectivity index (χ3v) is 3.64. The van der Waals surface area contributed by atoms with Crippen molar-refractivity contribution in [2.75, 3.05) is 0 Å².